The Hall–Kier alpha value is -2.14. The smallest absolute Gasteiger partial charge is 0.225 e. The summed E-state index contributed by atoms with van der Waals surface area (Å²) >= 11 is 0. The predicted octanol–water partition coefficient (Wildman–Crippen LogP) is 2.10. The van der Waals surface area contributed by atoms with E-state index in [2.05, 4.69) is 29.2 Å². The number of carbonyl (C=O) groups is 1. The van der Waals surface area contributed by atoms with Crippen molar-refractivity contribution < 1.29 is 4.79 Å². The lowest BCUT2D eigenvalue weighted by molar-refractivity contribution is -0.136. The average Bonchev–Trinajstić information content (AvgIpc) is 2.99. The molecular formula is C18H24N4O. The zero-order valence-electron chi connectivity index (χ0n) is 13.9. The Balaban J connectivity index is 1.69. The lowest BCUT2D eigenvalue weighted by atomic mass is 10.0. The number of aromatic nitrogens is 2. The van der Waals surface area contributed by atoms with Crippen molar-refractivity contribution in [1.82, 2.24) is 19.6 Å². The van der Waals surface area contributed by atoms with E-state index < -0.39 is 0 Å². The molecule has 0 bridgehead atoms. The number of amides is 1. The minimum Gasteiger partial charge on any atom is -0.333 e. The average molecular weight is 312 g/mol. The Morgan fingerprint density at radius 3 is 2.70 bits per heavy atom. The van der Waals surface area contributed by atoms with Crippen molar-refractivity contribution in [2.24, 2.45) is 0 Å². The Labute approximate surface area is 137 Å². The predicted molar refractivity (Wildman–Crippen MR) is 90.0 cm³/mol. The van der Waals surface area contributed by atoms with Gasteiger partial charge in [0.25, 0.3) is 0 Å². The standard InChI is InChI=1S/C18H24N4O/c1-15-8-10-21(19-15)11-9-18(23)22-13-12-20(2)14-17(22)16-6-4-3-5-7-16/h3-8,10,17H,9,11-14H2,1-2H3/t17-/m1/s1. The molecule has 1 aliphatic rings. The fourth-order valence-electron chi connectivity index (χ4n) is 3.12. The summed E-state index contributed by atoms with van der Waals surface area (Å²) in [5.74, 6) is 0.208. The zero-order valence-corrected chi connectivity index (χ0v) is 13.9. The van der Waals surface area contributed by atoms with Gasteiger partial charge in [0.05, 0.1) is 11.7 Å². The molecule has 5 nitrogen and oxygen atoms in total. The first kappa shape index (κ1) is 15.7. The van der Waals surface area contributed by atoms with E-state index in [1.54, 1.807) is 0 Å². The van der Waals surface area contributed by atoms with E-state index in [4.69, 9.17) is 0 Å². The number of aryl methyl sites for hydroxylation is 2. The second-order valence-electron chi connectivity index (χ2n) is 6.25. The van der Waals surface area contributed by atoms with Gasteiger partial charge in [0, 0.05) is 38.8 Å². The number of hydrogen-bond acceptors (Lipinski definition) is 3. The molecule has 0 radical (unpaired) electrons. The highest BCUT2D eigenvalue weighted by Gasteiger charge is 2.29. The number of rotatable bonds is 4. The molecule has 1 amide bonds. The highest BCUT2D eigenvalue weighted by atomic mass is 16.2. The van der Waals surface area contributed by atoms with Crippen LogP contribution in [0.4, 0.5) is 0 Å². The first-order chi connectivity index (χ1) is 11.1. The zero-order chi connectivity index (χ0) is 16.2. The summed E-state index contributed by atoms with van der Waals surface area (Å²) in [4.78, 5) is 17.1. The molecule has 1 atom stereocenters. The van der Waals surface area contributed by atoms with E-state index in [-0.39, 0.29) is 11.9 Å². The second-order valence-corrected chi connectivity index (χ2v) is 6.25. The Kier molecular flexibility index (Phi) is 4.76. The molecular weight excluding hydrogens is 288 g/mol. The van der Waals surface area contributed by atoms with Gasteiger partial charge in [0.15, 0.2) is 0 Å². The molecule has 0 aliphatic carbocycles. The molecule has 122 valence electrons. The van der Waals surface area contributed by atoms with Crippen LogP contribution >= 0.6 is 0 Å². The minimum atomic E-state index is 0.141. The summed E-state index contributed by atoms with van der Waals surface area (Å²) in [6.45, 7) is 5.20. The maximum Gasteiger partial charge on any atom is 0.225 e. The van der Waals surface area contributed by atoms with Gasteiger partial charge in [-0.25, -0.2) is 0 Å². The molecule has 1 fully saturated rings. The van der Waals surface area contributed by atoms with Crippen LogP contribution in [0.25, 0.3) is 0 Å². The third-order valence-electron chi connectivity index (χ3n) is 4.42. The maximum absolute atomic E-state index is 12.7. The molecule has 3 rings (SSSR count). The Morgan fingerprint density at radius 1 is 1.22 bits per heavy atom. The van der Waals surface area contributed by atoms with Crippen molar-refractivity contribution in [3.63, 3.8) is 0 Å². The highest BCUT2D eigenvalue weighted by Crippen LogP contribution is 2.25. The van der Waals surface area contributed by atoms with Gasteiger partial charge in [-0.2, -0.15) is 5.10 Å². The molecule has 1 saturated heterocycles. The summed E-state index contributed by atoms with van der Waals surface area (Å²) in [6.07, 6.45) is 2.43. The van der Waals surface area contributed by atoms with Gasteiger partial charge >= 0.3 is 0 Å². The number of carbonyl (C=O) groups excluding carboxylic acids is 1. The van der Waals surface area contributed by atoms with E-state index in [0.29, 0.717) is 13.0 Å². The lowest BCUT2D eigenvalue weighted by Gasteiger charge is -2.40. The summed E-state index contributed by atoms with van der Waals surface area (Å²) in [5, 5.41) is 4.35. The van der Waals surface area contributed by atoms with Crippen molar-refractivity contribution in [2.75, 3.05) is 26.7 Å². The molecule has 1 aromatic heterocycles. The van der Waals surface area contributed by atoms with Gasteiger partial charge < -0.3 is 9.80 Å². The third-order valence-corrected chi connectivity index (χ3v) is 4.42. The number of benzene rings is 1. The number of hydrogen-bond donors (Lipinski definition) is 0. The van der Waals surface area contributed by atoms with Crippen LogP contribution in [0.15, 0.2) is 42.6 Å². The van der Waals surface area contributed by atoms with Crippen molar-refractivity contribution in [1.29, 1.82) is 0 Å². The number of nitrogens with zero attached hydrogens (tertiary/aromatic N) is 4. The molecule has 0 N–H and O–H groups in total. The van der Waals surface area contributed by atoms with Gasteiger partial charge in [0.2, 0.25) is 5.91 Å². The van der Waals surface area contributed by atoms with Crippen molar-refractivity contribution >= 4 is 5.91 Å². The molecule has 0 unspecified atom stereocenters. The molecule has 2 heterocycles. The van der Waals surface area contributed by atoms with Crippen LogP contribution in [-0.4, -0.2) is 52.2 Å². The third kappa shape index (κ3) is 3.79. The Bertz CT molecular complexity index is 652. The normalized spacial score (nSPS) is 19.0. The topological polar surface area (TPSA) is 41.4 Å². The van der Waals surface area contributed by atoms with Crippen LogP contribution in [0.1, 0.15) is 23.7 Å². The molecule has 5 heteroatoms. The monoisotopic (exact) mass is 312 g/mol. The van der Waals surface area contributed by atoms with E-state index in [1.807, 2.05) is 47.0 Å². The van der Waals surface area contributed by atoms with Crippen LogP contribution < -0.4 is 0 Å². The number of piperazine rings is 1. The van der Waals surface area contributed by atoms with Crippen molar-refractivity contribution in [2.45, 2.75) is 25.9 Å². The van der Waals surface area contributed by atoms with Crippen LogP contribution in [-0.2, 0) is 11.3 Å². The Morgan fingerprint density at radius 2 is 2.00 bits per heavy atom. The lowest BCUT2D eigenvalue weighted by Crippen LogP contribution is -2.49. The van der Waals surface area contributed by atoms with E-state index in [1.165, 1.54) is 5.56 Å². The van der Waals surface area contributed by atoms with Gasteiger partial charge in [0.1, 0.15) is 0 Å². The molecule has 1 aliphatic heterocycles. The molecule has 0 spiro atoms. The van der Waals surface area contributed by atoms with E-state index in [9.17, 15) is 4.79 Å². The van der Waals surface area contributed by atoms with E-state index in [0.717, 1.165) is 25.3 Å². The summed E-state index contributed by atoms with van der Waals surface area (Å²) in [6, 6.07) is 12.4. The molecule has 23 heavy (non-hydrogen) atoms. The summed E-state index contributed by atoms with van der Waals surface area (Å²) < 4.78 is 1.85. The fraction of sp³-hybridized carbons (Fsp3) is 0.444. The molecule has 2 aromatic rings. The minimum absolute atomic E-state index is 0.141. The summed E-state index contributed by atoms with van der Waals surface area (Å²) in [5.41, 5.74) is 2.20. The maximum atomic E-state index is 12.7. The van der Waals surface area contributed by atoms with Crippen LogP contribution in [0, 0.1) is 6.92 Å². The molecule has 1 aromatic carbocycles. The van der Waals surface area contributed by atoms with Crippen LogP contribution in [0.5, 0.6) is 0 Å². The fourth-order valence-corrected chi connectivity index (χ4v) is 3.12. The van der Waals surface area contributed by atoms with Gasteiger partial charge in [-0.3, -0.25) is 9.48 Å². The first-order valence-corrected chi connectivity index (χ1v) is 8.16. The van der Waals surface area contributed by atoms with Crippen molar-refractivity contribution in [3.05, 3.63) is 53.9 Å². The van der Waals surface area contributed by atoms with Gasteiger partial charge in [-0.1, -0.05) is 30.3 Å². The largest absolute Gasteiger partial charge is 0.333 e. The van der Waals surface area contributed by atoms with Crippen LogP contribution in [0.2, 0.25) is 0 Å². The van der Waals surface area contributed by atoms with Gasteiger partial charge in [-0.05, 0) is 25.6 Å². The highest BCUT2D eigenvalue weighted by molar-refractivity contribution is 5.76. The van der Waals surface area contributed by atoms with Gasteiger partial charge in [-0.15, -0.1) is 0 Å². The first-order valence-electron chi connectivity index (χ1n) is 8.16. The van der Waals surface area contributed by atoms with Crippen molar-refractivity contribution in [3.8, 4) is 0 Å². The quantitative estimate of drug-likeness (QED) is 0.868. The number of likely N-dealkylation sites (N-methyl/N-ethyl adjacent to an activating group) is 1. The second kappa shape index (κ2) is 6.96. The molecule has 0 saturated carbocycles. The SMILES string of the molecule is Cc1ccn(CCC(=O)N2CCN(C)C[C@@H]2c2ccccc2)n1. The summed E-state index contributed by atoms with van der Waals surface area (Å²) in [7, 11) is 2.12. The van der Waals surface area contributed by atoms with E-state index >= 15 is 0 Å². The van der Waals surface area contributed by atoms with Crippen LogP contribution in [0.3, 0.4) is 0 Å².